The Hall–Kier alpha value is -4.82. The minimum Gasteiger partial charge on any atom is -0.313 e. The van der Waals surface area contributed by atoms with E-state index in [1.807, 2.05) is 50.2 Å². The highest BCUT2D eigenvalue weighted by Crippen LogP contribution is 2.46. The third-order valence-corrected chi connectivity index (χ3v) is 14.0. The Bertz CT molecular complexity index is 3650. The second kappa shape index (κ2) is 18.0. The molecule has 1 aliphatic rings. The Morgan fingerprint density at radius 1 is 0.254 bits per heavy atom. The lowest BCUT2D eigenvalue weighted by atomic mass is 9.57. The number of nitrogens with zero attached hydrogens (tertiary/aromatic N) is 1. The maximum atomic E-state index is 7.51. The molecule has 0 aromatic heterocycles. The molecule has 71 heavy (non-hydrogen) atoms. The molecule has 0 saturated carbocycles. The van der Waals surface area contributed by atoms with Crippen LogP contribution in [0.15, 0.2) is 60.7 Å². The third-order valence-electron chi connectivity index (χ3n) is 14.0. The predicted molar refractivity (Wildman–Crippen MR) is 326 cm³/mol. The van der Waals surface area contributed by atoms with Gasteiger partial charge in [0.1, 0.15) is 165 Å². The van der Waals surface area contributed by atoms with E-state index in [0.29, 0.717) is 44.3 Å². The van der Waals surface area contributed by atoms with Crippen molar-refractivity contribution in [3.63, 3.8) is 0 Å². The van der Waals surface area contributed by atoms with Gasteiger partial charge in [-0.2, -0.15) is 0 Å². The van der Waals surface area contributed by atoms with Crippen molar-refractivity contribution < 1.29 is 0 Å². The second-order valence-corrected chi connectivity index (χ2v) is 18.2. The number of hydrogen-bond acceptors (Lipinski definition) is 1. The van der Waals surface area contributed by atoms with E-state index in [1.54, 1.807) is 24.3 Å². The molecule has 0 spiro atoms. The largest absolute Gasteiger partial charge is 0.313 e. The summed E-state index contributed by atoms with van der Waals surface area (Å²) in [6, 6.07) is 18.0. The molecule has 0 saturated heterocycles. The van der Waals surface area contributed by atoms with Crippen LogP contribution < -0.4 is 120 Å². The number of hydrogen-bond donors (Lipinski definition) is 0. The monoisotopic (exact) mass is 849 g/mol. The maximum absolute atomic E-state index is 7.51. The van der Waals surface area contributed by atoms with Gasteiger partial charge in [-0.25, -0.2) is 0 Å². The first-order chi connectivity index (χ1) is 33.3. The Morgan fingerprint density at radius 2 is 0.563 bits per heavy atom. The first kappa shape index (κ1) is 51.1. The van der Waals surface area contributed by atoms with E-state index in [2.05, 4.69) is 0 Å². The summed E-state index contributed by atoms with van der Waals surface area (Å²) in [7, 11) is 146. The highest BCUT2D eigenvalue weighted by molar-refractivity contribution is 6.72. The van der Waals surface area contributed by atoms with E-state index in [9.17, 15) is 0 Å². The number of anilines is 3. The third kappa shape index (κ3) is 7.12. The summed E-state index contributed by atoms with van der Waals surface area (Å²) >= 11 is 0. The lowest BCUT2D eigenvalue weighted by Crippen LogP contribution is -2.54. The summed E-state index contributed by atoms with van der Waals surface area (Å²) < 4.78 is 0. The van der Waals surface area contributed by atoms with E-state index >= 15 is 0 Å². The van der Waals surface area contributed by atoms with Gasteiger partial charge in [0.15, 0.2) is 0 Å². The molecule has 1 aliphatic carbocycles. The Balaban J connectivity index is 1.49. The van der Waals surface area contributed by atoms with Crippen LogP contribution in [0, 0.1) is 0 Å². The van der Waals surface area contributed by atoms with Crippen molar-refractivity contribution in [2.75, 3.05) is 4.90 Å². The molecule has 0 amide bonds. The van der Waals surface area contributed by atoms with Crippen molar-refractivity contribution in [2.24, 2.45) is 0 Å². The Kier molecular flexibility index (Phi) is 12.9. The molecular formula is C49H16B21N. The van der Waals surface area contributed by atoms with Gasteiger partial charge in [0.05, 0.1) is 0 Å². The average Bonchev–Trinajstić information content (AvgIpc) is 3.60. The maximum Gasteiger partial charge on any atom is 0.117 e. The molecule has 0 N–H and O–H groups in total. The van der Waals surface area contributed by atoms with Crippen LogP contribution in [-0.2, 0) is 5.41 Å². The molecule has 0 bridgehead atoms. The van der Waals surface area contributed by atoms with Crippen molar-refractivity contribution in [1.82, 2.24) is 0 Å². The van der Waals surface area contributed by atoms with Crippen LogP contribution in [0.25, 0.3) is 55.3 Å². The van der Waals surface area contributed by atoms with Gasteiger partial charge in [0.2, 0.25) is 0 Å². The van der Waals surface area contributed by atoms with E-state index in [-0.39, 0.29) is 154 Å². The summed E-state index contributed by atoms with van der Waals surface area (Å²) in [5, 5.41) is 0.511. The van der Waals surface area contributed by atoms with Gasteiger partial charge in [-0.15, -0.1) is 32.8 Å². The van der Waals surface area contributed by atoms with E-state index in [1.165, 1.54) is 4.90 Å². The van der Waals surface area contributed by atoms with Gasteiger partial charge in [-0.1, -0.05) is 156 Å². The lowest BCUT2D eigenvalue weighted by Gasteiger charge is -2.41. The molecule has 8 aromatic rings. The standard InChI is InChI=1S/C49H16B21N/c1-49(2)23-19(28(53)39(64)40(65)34(23)59)20-24(49)35(60)47(42(67)29(20)54)71(46-16(14-11-7-4-8-12-14)26(51)38(63)41(66)45(46)70)48-43(68)32(57)22(33(58)44(48)69)18-17-15(13-9-5-3-6-10-13)25(50)36(61)30(55)21(17)31(56)37(62)27(18)52/h3-12H,1-2H3. The second-order valence-electron chi connectivity index (χ2n) is 18.2. The SMILES string of the molecule is [B]c1c([B])c([B])c(N(c2c([B])c([B])c(-c3c([B])c([B])c([B])c4c([B])c([B])c([B])c(-c5ccccc5)c34)c([B])c2[B])c2c([B])c([B])c3c(c2[B])C(C)(C)c2c([B])c([B])c([B])c([B])c2-3)c(-c2ccccc2)c1[B]. The molecule has 0 atom stereocenters. The van der Waals surface area contributed by atoms with E-state index in [4.69, 9.17) is 165 Å². The highest BCUT2D eigenvalue weighted by atomic mass is 15.2. The van der Waals surface area contributed by atoms with E-state index in [0.717, 1.165) is 0 Å². The average molecular weight is 846 g/mol. The van der Waals surface area contributed by atoms with Crippen LogP contribution in [0.1, 0.15) is 25.0 Å². The predicted octanol–water partition coefficient (Wildman–Crippen LogP) is -11.7. The summed E-state index contributed by atoms with van der Waals surface area (Å²) in [6.07, 6.45) is 0. The summed E-state index contributed by atoms with van der Waals surface area (Å²) in [5.74, 6) is 0. The van der Waals surface area contributed by atoms with Crippen molar-refractivity contribution in [3.8, 4) is 44.5 Å². The number of fused-ring (bicyclic) bond motifs is 4. The smallest absolute Gasteiger partial charge is 0.117 e. The van der Waals surface area contributed by atoms with Gasteiger partial charge >= 0.3 is 0 Å². The van der Waals surface area contributed by atoms with Gasteiger partial charge in [-0.05, 0) is 66.4 Å². The molecule has 0 heterocycles. The molecule has 0 unspecified atom stereocenters. The number of rotatable bonds is 6. The molecule has 1 nitrogen and oxygen atoms in total. The van der Waals surface area contributed by atoms with Crippen molar-refractivity contribution in [3.05, 3.63) is 71.8 Å². The highest BCUT2D eigenvalue weighted by Gasteiger charge is 2.42. The summed E-state index contributed by atoms with van der Waals surface area (Å²) in [6.45, 7) is 3.73. The minimum atomic E-state index is -1.08. The van der Waals surface area contributed by atoms with Gasteiger partial charge in [0.25, 0.3) is 0 Å². The fourth-order valence-corrected chi connectivity index (χ4v) is 10.5. The Labute approximate surface area is 444 Å². The zero-order chi connectivity index (χ0) is 51.9. The van der Waals surface area contributed by atoms with Crippen LogP contribution in [0.4, 0.5) is 17.1 Å². The van der Waals surface area contributed by atoms with Crippen molar-refractivity contribution >= 4 is 307 Å². The number of benzene rings is 8. The Morgan fingerprint density at radius 3 is 1.04 bits per heavy atom. The molecule has 22 heteroatoms. The zero-order valence-corrected chi connectivity index (χ0v) is 38.8. The van der Waals surface area contributed by atoms with Crippen LogP contribution in [-0.4, -0.2) is 165 Å². The lowest BCUT2D eigenvalue weighted by molar-refractivity contribution is 0.669. The fraction of sp³-hybridized carbons (Fsp3) is 0.0612. The molecule has 0 fully saturated rings. The van der Waals surface area contributed by atoms with E-state index < -0.39 is 5.41 Å². The first-order valence-corrected chi connectivity index (χ1v) is 21.8. The molecule has 9 rings (SSSR count). The molecule has 8 aromatic carbocycles. The van der Waals surface area contributed by atoms with Crippen LogP contribution in [0.5, 0.6) is 0 Å². The summed E-state index contributed by atoms with van der Waals surface area (Å²) in [4.78, 5) is 1.46. The van der Waals surface area contributed by atoms with Gasteiger partial charge in [0, 0.05) is 22.5 Å². The van der Waals surface area contributed by atoms with Gasteiger partial charge in [-0.3, -0.25) is 0 Å². The van der Waals surface area contributed by atoms with Gasteiger partial charge < -0.3 is 4.90 Å². The minimum absolute atomic E-state index is 0.00158. The molecule has 280 valence electrons. The normalized spacial score (nSPS) is 12.5. The molecular weight excluding hydrogens is 830 g/mol. The molecule has 0 aliphatic heterocycles. The van der Waals surface area contributed by atoms with Crippen molar-refractivity contribution in [1.29, 1.82) is 0 Å². The topological polar surface area (TPSA) is 3.24 Å². The molecule has 42 radical (unpaired) electrons. The van der Waals surface area contributed by atoms with Crippen LogP contribution >= 0.6 is 0 Å². The van der Waals surface area contributed by atoms with Crippen molar-refractivity contribution in [2.45, 2.75) is 19.3 Å². The first-order valence-electron chi connectivity index (χ1n) is 21.8. The fourth-order valence-electron chi connectivity index (χ4n) is 10.5. The quantitative estimate of drug-likeness (QED) is 0.151. The zero-order valence-electron chi connectivity index (χ0n) is 38.8. The summed E-state index contributed by atoms with van der Waals surface area (Å²) in [5.41, 5.74) is 1.82. The van der Waals surface area contributed by atoms with Crippen LogP contribution in [0.3, 0.4) is 0 Å². The van der Waals surface area contributed by atoms with Crippen LogP contribution in [0.2, 0.25) is 0 Å².